The van der Waals surface area contributed by atoms with Gasteiger partial charge in [0.25, 0.3) is 0 Å². The Balaban J connectivity index is 2.54. The van der Waals surface area contributed by atoms with Gasteiger partial charge in [0, 0.05) is 20.2 Å². The second kappa shape index (κ2) is 5.78. The number of carbonyl (C=O) groups excluding carboxylic acids is 1. The van der Waals surface area contributed by atoms with Gasteiger partial charge in [0.2, 0.25) is 5.91 Å². The summed E-state index contributed by atoms with van der Waals surface area (Å²) in [6.07, 6.45) is 3.46. The third-order valence-corrected chi connectivity index (χ3v) is 3.76. The van der Waals surface area contributed by atoms with Crippen LogP contribution in [0.2, 0.25) is 0 Å². The molecule has 1 aliphatic rings. The highest BCUT2D eigenvalue weighted by molar-refractivity contribution is 7.80. The number of ether oxygens (including phenoxy) is 1. The Morgan fingerprint density at radius 2 is 2.18 bits per heavy atom. The lowest BCUT2D eigenvalue weighted by molar-refractivity contribution is -0.138. The van der Waals surface area contributed by atoms with E-state index < -0.39 is 5.41 Å². The van der Waals surface area contributed by atoms with Crippen molar-refractivity contribution in [3.05, 3.63) is 0 Å². The third-order valence-electron chi connectivity index (χ3n) is 3.25. The summed E-state index contributed by atoms with van der Waals surface area (Å²) in [5, 5.41) is 0. The van der Waals surface area contributed by atoms with Crippen molar-refractivity contribution in [2.75, 3.05) is 20.2 Å². The number of hydrogen-bond acceptors (Lipinski definition) is 3. The molecule has 4 nitrogen and oxygen atoms in total. The molecule has 1 atom stereocenters. The fourth-order valence-electron chi connectivity index (χ4n) is 1.92. The lowest BCUT2D eigenvalue weighted by atomic mass is 9.91. The molecule has 0 saturated carbocycles. The number of likely N-dealkylation sites (N-methyl/N-ethyl adjacent to an activating group) is 1. The van der Waals surface area contributed by atoms with Gasteiger partial charge in [0.1, 0.15) is 0 Å². The average Bonchev–Trinajstić information content (AvgIpc) is 2.29. The van der Waals surface area contributed by atoms with Crippen LogP contribution in [0.25, 0.3) is 0 Å². The van der Waals surface area contributed by atoms with E-state index in [1.807, 2.05) is 0 Å². The molecular formula is C12H22N2O2S. The summed E-state index contributed by atoms with van der Waals surface area (Å²) in [5.41, 5.74) is 4.82. The highest BCUT2D eigenvalue weighted by Gasteiger charge is 2.34. The van der Waals surface area contributed by atoms with E-state index >= 15 is 0 Å². The highest BCUT2D eigenvalue weighted by atomic mass is 32.1. The lowest BCUT2D eigenvalue weighted by Gasteiger charge is -2.32. The summed E-state index contributed by atoms with van der Waals surface area (Å²) in [6.45, 7) is 4.93. The second-order valence-corrected chi connectivity index (χ2v) is 5.60. The van der Waals surface area contributed by atoms with Gasteiger partial charge in [-0.1, -0.05) is 12.2 Å². The summed E-state index contributed by atoms with van der Waals surface area (Å²) in [6, 6.07) is 0. The summed E-state index contributed by atoms with van der Waals surface area (Å²) in [7, 11) is 1.78. The van der Waals surface area contributed by atoms with Gasteiger partial charge in [-0.05, 0) is 33.1 Å². The number of rotatable bonds is 4. The first-order valence-electron chi connectivity index (χ1n) is 6.02. The number of hydrogen-bond donors (Lipinski definition) is 1. The van der Waals surface area contributed by atoms with Crippen molar-refractivity contribution in [2.24, 2.45) is 11.1 Å². The minimum Gasteiger partial charge on any atom is -0.392 e. The van der Waals surface area contributed by atoms with Gasteiger partial charge < -0.3 is 15.4 Å². The third kappa shape index (κ3) is 3.64. The van der Waals surface area contributed by atoms with E-state index in [2.05, 4.69) is 0 Å². The molecule has 1 heterocycles. The monoisotopic (exact) mass is 258 g/mol. The van der Waals surface area contributed by atoms with Crippen LogP contribution >= 0.6 is 12.2 Å². The fourth-order valence-corrected chi connectivity index (χ4v) is 2.01. The van der Waals surface area contributed by atoms with Crippen molar-refractivity contribution in [2.45, 2.75) is 39.2 Å². The Bertz CT molecular complexity index is 299. The Morgan fingerprint density at radius 1 is 1.53 bits per heavy atom. The van der Waals surface area contributed by atoms with Crippen LogP contribution in [0.1, 0.15) is 33.1 Å². The Hall–Kier alpha value is -0.680. The van der Waals surface area contributed by atoms with Gasteiger partial charge in [-0.25, -0.2) is 0 Å². The molecule has 1 rings (SSSR count). The average molecular weight is 258 g/mol. The largest absolute Gasteiger partial charge is 0.392 e. The molecule has 1 amide bonds. The van der Waals surface area contributed by atoms with Gasteiger partial charge in [0.15, 0.2) is 0 Å². The SMILES string of the molecule is CN(CC1CCCCO1)C(=O)C(C)(C)C(N)=S. The predicted molar refractivity (Wildman–Crippen MR) is 71.8 cm³/mol. The Morgan fingerprint density at radius 3 is 2.65 bits per heavy atom. The van der Waals surface area contributed by atoms with Crippen molar-refractivity contribution < 1.29 is 9.53 Å². The van der Waals surface area contributed by atoms with Crippen molar-refractivity contribution >= 4 is 23.1 Å². The minimum atomic E-state index is -0.779. The van der Waals surface area contributed by atoms with E-state index in [9.17, 15) is 4.79 Å². The summed E-state index contributed by atoms with van der Waals surface area (Å²) >= 11 is 4.93. The number of nitrogens with two attached hydrogens (primary N) is 1. The second-order valence-electron chi connectivity index (χ2n) is 5.16. The molecule has 17 heavy (non-hydrogen) atoms. The standard InChI is InChI=1S/C12H22N2O2S/c1-12(2,10(13)17)11(15)14(3)8-9-6-4-5-7-16-9/h9H,4-8H2,1-3H3,(H2,13,17). The van der Waals surface area contributed by atoms with E-state index in [1.165, 1.54) is 6.42 Å². The van der Waals surface area contributed by atoms with Crippen LogP contribution in [0.15, 0.2) is 0 Å². The van der Waals surface area contributed by atoms with Crippen molar-refractivity contribution in [1.29, 1.82) is 0 Å². The van der Waals surface area contributed by atoms with Crippen LogP contribution < -0.4 is 5.73 Å². The zero-order valence-electron chi connectivity index (χ0n) is 10.9. The first kappa shape index (κ1) is 14.4. The van der Waals surface area contributed by atoms with Gasteiger partial charge in [0.05, 0.1) is 16.5 Å². The van der Waals surface area contributed by atoms with E-state index in [0.717, 1.165) is 19.4 Å². The first-order valence-corrected chi connectivity index (χ1v) is 6.43. The van der Waals surface area contributed by atoms with Gasteiger partial charge in [-0.2, -0.15) is 0 Å². The number of carbonyl (C=O) groups is 1. The summed E-state index contributed by atoms with van der Waals surface area (Å²) < 4.78 is 5.61. The van der Waals surface area contributed by atoms with E-state index in [0.29, 0.717) is 6.54 Å². The first-order chi connectivity index (χ1) is 7.85. The number of nitrogens with zero attached hydrogens (tertiary/aromatic N) is 1. The molecule has 0 aliphatic carbocycles. The zero-order valence-corrected chi connectivity index (χ0v) is 11.7. The van der Waals surface area contributed by atoms with E-state index in [1.54, 1.807) is 25.8 Å². The van der Waals surface area contributed by atoms with Crippen LogP contribution in [0.4, 0.5) is 0 Å². The van der Waals surface area contributed by atoms with Gasteiger partial charge in [-0.15, -0.1) is 0 Å². The molecule has 0 spiro atoms. The Kier molecular flexibility index (Phi) is 4.89. The molecule has 98 valence electrons. The molecule has 0 aromatic rings. The Labute approximate surface area is 108 Å². The molecular weight excluding hydrogens is 236 g/mol. The summed E-state index contributed by atoms with van der Waals surface area (Å²) in [4.78, 5) is 14.1. The van der Waals surface area contributed by atoms with E-state index in [4.69, 9.17) is 22.7 Å². The predicted octanol–water partition coefficient (Wildman–Crippen LogP) is 1.33. The molecule has 2 N–H and O–H groups in total. The fraction of sp³-hybridized carbons (Fsp3) is 0.833. The smallest absolute Gasteiger partial charge is 0.234 e. The molecule has 0 radical (unpaired) electrons. The molecule has 1 aliphatic heterocycles. The maximum Gasteiger partial charge on any atom is 0.234 e. The maximum atomic E-state index is 12.2. The van der Waals surface area contributed by atoms with Crippen LogP contribution in [0.5, 0.6) is 0 Å². The molecule has 1 fully saturated rings. The van der Waals surface area contributed by atoms with Crippen molar-refractivity contribution in [1.82, 2.24) is 4.90 Å². The van der Waals surface area contributed by atoms with Crippen LogP contribution in [-0.2, 0) is 9.53 Å². The van der Waals surface area contributed by atoms with Gasteiger partial charge in [-0.3, -0.25) is 4.79 Å². The number of amides is 1. The minimum absolute atomic E-state index is 0.0424. The summed E-state index contributed by atoms with van der Waals surface area (Å²) in [5.74, 6) is -0.0424. The van der Waals surface area contributed by atoms with Crippen LogP contribution in [0, 0.1) is 5.41 Å². The molecule has 1 unspecified atom stereocenters. The lowest BCUT2D eigenvalue weighted by Crippen LogP contribution is -2.48. The highest BCUT2D eigenvalue weighted by Crippen LogP contribution is 2.20. The maximum absolute atomic E-state index is 12.2. The van der Waals surface area contributed by atoms with Crippen molar-refractivity contribution in [3.8, 4) is 0 Å². The normalized spacial score (nSPS) is 21.0. The molecule has 5 heteroatoms. The molecule has 0 bridgehead atoms. The number of thiocarbonyl (C=S) groups is 1. The molecule has 1 saturated heterocycles. The van der Waals surface area contributed by atoms with Gasteiger partial charge >= 0.3 is 0 Å². The topological polar surface area (TPSA) is 55.6 Å². The molecule has 0 aromatic carbocycles. The van der Waals surface area contributed by atoms with Crippen LogP contribution in [0.3, 0.4) is 0 Å². The zero-order chi connectivity index (χ0) is 13.1. The quantitative estimate of drug-likeness (QED) is 0.773. The van der Waals surface area contributed by atoms with Crippen LogP contribution in [-0.4, -0.2) is 42.1 Å². The molecule has 0 aromatic heterocycles. The van der Waals surface area contributed by atoms with E-state index in [-0.39, 0.29) is 17.0 Å². The van der Waals surface area contributed by atoms with Crippen molar-refractivity contribution in [3.63, 3.8) is 0 Å².